The molecule has 1 N–H and O–H groups in total. The van der Waals surface area contributed by atoms with Gasteiger partial charge in [0.05, 0.1) is 5.69 Å². The zero-order valence-electron chi connectivity index (χ0n) is 9.88. The van der Waals surface area contributed by atoms with Gasteiger partial charge in [0.2, 0.25) is 0 Å². The van der Waals surface area contributed by atoms with Gasteiger partial charge in [-0.2, -0.15) is 0 Å². The van der Waals surface area contributed by atoms with Crippen LogP contribution in [0, 0.1) is 5.82 Å². The van der Waals surface area contributed by atoms with Crippen LogP contribution >= 0.6 is 11.6 Å². The molecule has 0 bridgehead atoms. The van der Waals surface area contributed by atoms with Gasteiger partial charge < -0.3 is 10.2 Å². The molecule has 0 aliphatic carbocycles. The van der Waals surface area contributed by atoms with Crippen molar-refractivity contribution in [3.63, 3.8) is 0 Å². The Labute approximate surface area is 107 Å². The molecule has 1 aromatic carbocycles. The monoisotopic (exact) mass is 256 g/mol. The van der Waals surface area contributed by atoms with Gasteiger partial charge in [0.25, 0.3) is 0 Å². The van der Waals surface area contributed by atoms with Crippen LogP contribution in [0.2, 0.25) is 5.02 Å². The first-order valence-corrected chi connectivity index (χ1v) is 6.55. The molecule has 1 aliphatic rings. The maximum absolute atomic E-state index is 13.4. The van der Waals surface area contributed by atoms with E-state index in [2.05, 4.69) is 10.2 Å². The molecular weight excluding hydrogens is 239 g/mol. The molecule has 0 radical (unpaired) electrons. The van der Waals surface area contributed by atoms with E-state index in [-0.39, 0.29) is 5.82 Å². The standard InChI is InChI=1S/C13H18ClFN2/c14-11-4-5-13(12(15)10-11)16-6-3-9-17-7-1-2-8-17/h4-5,10,16H,1-3,6-9H2. The summed E-state index contributed by atoms with van der Waals surface area (Å²) in [6.45, 7) is 4.34. The highest BCUT2D eigenvalue weighted by Crippen LogP contribution is 2.18. The van der Waals surface area contributed by atoms with E-state index in [1.165, 1.54) is 32.0 Å². The number of nitrogens with one attached hydrogen (secondary N) is 1. The molecule has 1 aliphatic heterocycles. The molecule has 0 aromatic heterocycles. The first kappa shape index (κ1) is 12.7. The van der Waals surface area contributed by atoms with E-state index in [0.29, 0.717) is 10.7 Å². The topological polar surface area (TPSA) is 15.3 Å². The molecule has 17 heavy (non-hydrogen) atoms. The molecule has 1 heterocycles. The van der Waals surface area contributed by atoms with Crippen LogP contribution in [0.4, 0.5) is 10.1 Å². The van der Waals surface area contributed by atoms with Crippen molar-refractivity contribution in [2.75, 3.05) is 31.5 Å². The molecule has 0 atom stereocenters. The molecule has 1 aromatic rings. The van der Waals surface area contributed by atoms with Crippen LogP contribution in [-0.2, 0) is 0 Å². The predicted molar refractivity (Wildman–Crippen MR) is 70.2 cm³/mol. The molecule has 0 unspecified atom stereocenters. The second kappa shape index (κ2) is 6.22. The third kappa shape index (κ3) is 3.86. The molecule has 2 rings (SSSR count). The highest BCUT2D eigenvalue weighted by molar-refractivity contribution is 6.30. The van der Waals surface area contributed by atoms with Crippen molar-refractivity contribution in [3.8, 4) is 0 Å². The Morgan fingerprint density at radius 1 is 1.29 bits per heavy atom. The number of likely N-dealkylation sites (tertiary alicyclic amines) is 1. The van der Waals surface area contributed by atoms with E-state index in [4.69, 9.17) is 11.6 Å². The van der Waals surface area contributed by atoms with E-state index >= 15 is 0 Å². The summed E-state index contributed by atoms with van der Waals surface area (Å²) in [6.07, 6.45) is 3.68. The number of hydrogen-bond acceptors (Lipinski definition) is 2. The van der Waals surface area contributed by atoms with Crippen LogP contribution in [0.5, 0.6) is 0 Å². The highest BCUT2D eigenvalue weighted by Gasteiger charge is 2.10. The van der Waals surface area contributed by atoms with Crippen LogP contribution in [0.15, 0.2) is 18.2 Å². The van der Waals surface area contributed by atoms with Gasteiger partial charge in [-0.05, 0) is 57.1 Å². The van der Waals surface area contributed by atoms with Crippen molar-refractivity contribution in [1.29, 1.82) is 0 Å². The Morgan fingerprint density at radius 3 is 2.76 bits per heavy atom. The van der Waals surface area contributed by atoms with Gasteiger partial charge in [-0.3, -0.25) is 0 Å². The summed E-state index contributed by atoms with van der Waals surface area (Å²) in [7, 11) is 0. The fourth-order valence-electron chi connectivity index (χ4n) is 2.16. The molecular formula is C13H18ClFN2. The average molecular weight is 257 g/mol. The van der Waals surface area contributed by atoms with E-state index in [1.807, 2.05) is 0 Å². The lowest BCUT2D eigenvalue weighted by molar-refractivity contribution is 0.337. The molecule has 0 saturated carbocycles. The molecule has 94 valence electrons. The molecule has 2 nitrogen and oxygen atoms in total. The number of hydrogen-bond donors (Lipinski definition) is 1. The summed E-state index contributed by atoms with van der Waals surface area (Å²) in [5.41, 5.74) is 0.538. The van der Waals surface area contributed by atoms with Gasteiger partial charge in [-0.15, -0.1) is 0 Å². The summed E-state index contributed by atoms with van der Waals surface area (Å²) in [4.78, 5) is 2.46. The Balaban J connectivity index is 1.70. The normalized spacial score (nSPS) is 16.4. The van der Waals surface area contributed by atoms with Gasteiger partial charge in [-0.25, -0.2) is 4.39 Å². The summed E-state index contributed by atoms with van der Waals surface area (Å²) in [5, 5.41) is 3.54. The van der Waals surface area contributed by atoms with Crippen molar-refractivity contribution >= 4 is 17.3 Å². The second-order valence-electron chi connectivity index (χ2n) is 4.45. The van der Waals surface area contributed by atoms with Gasteiger partial charge in [0, 0.05) is 11.6 Å². The Bertz CT molecular complexity index is 364. The second-order valence-corrected chi connectivity index (χ2v) is 4.89. The van der Waals surface area contributed by atoms with E-state index < -0.39 is 0 Å². The minimum atomic E-state index is -0.279. The molecule has 1 saturated heterocycles. The largest absolute Gasteiger partial charge is 0.383 e. The highest BCUT2D eigenvalue weighted by atomic mass is 35.5. The zero-order valence-corrected chi connectivity index (χ0v) is 10.6. The summed E-state index contributed by atoms with van der Waals surface area (Å²) >= 11 is 5.69. The number of benzene rings is 1. The van der Waals surface area contributed by atoms with E-state index in [0.717, 1.165) is 19.5 Å². The Morgan fingerprint density at radius 2 is 2.06 bits per heavy atom. The third-order valence-corrected chi connectivity index (χ3v) is 3.33. The minimum absolute atomic E-state index is 0.279. The van der Waals surface area contributed by atoms with Gasteiger partial charge >= 0.3 is 0 Å². The van der Waals surface area contributed by atoms with E-state index in [1.54, 1.807) is 12.1 Å². The van der Waals surface area contributed by atoms with Crippen LogP contribution in [-0.4, -0.2) is 31.1 Å². The predicted octanol–water partition coefficient (Wildman–Crippen LogP) is 3.38. The molecule has 4 heteroatoms. The van der Waals surface area contributed by atoms with Gasteiger partial charge in [-0.1, -0.05) is 11.6 Å². The number of halogens is 2. The number of nitrogens with zero attached hydrogens (tertiary/aromatic N) is 1. The zero-order chi connectivity index (χ0) is 12.1. The summed E-state index contributed by atoms with van der Waals surface area (Å²) in [5.74, 6) is -0.279. The third-order valence-electron chi connectivity index (χ3n) is 3.10. The maximum atomic E-state index is 13.4. The minimum Gasteiger partial charge on any atom is -0.383 e. The molecule has 1 fully saturated rings. The molecule has 0 spiro atoms. The van der Waals surface area contributed by atoms with E-state index in [9.17, 15) is 4.39 Å². The smallest absolute Gasteiger partial charge is 0.147 e. The number of anilines is 1. The SMILES string of the molecule is Fc1cc(Cl)ccc1NCCCN1CCCC1. The average Bonchev–Trinajstić information content (AvgIpc) is 2.79. The Kier molecular flexibility index (Phi) is 4.63. The van der Waals surface area contributed by atoms with Crippen LogP contribution in [0.1, 0.15) is 19.3 Å². The van der Waals surface area contributed by atoms with Gasteiger partial charge in [0.1, 0.15) is 5.82 Å². The lowest BCUT2D eigenvalue weighted by Gasteiger charge is -2.14. The lowest BCUT2D eigenvalue weighted by atomic mass is 10.3. The fourth-order valence-corrected chi connectivity index (χ4v) is 2.32. The van der Waals surface area contributed by atoms with Crippen molar-refractivity contribution in [3.05, 3.63) is 29.0 Å². The fraction of sp³-hybridized carbons (Fsp3) is 0.538. The molecule has 0 amide bonds. The van der Waals surface area contributed by atoms with Crippen molar-refractivity contribution < 1.29 is 4.39 Å². The van der Waals surface area contributed by atoms with Crippen molar-refractivity contribution in [2.45, 2.75) is 19.3 Å². The quantitative estimate of drug-likeness (QED) is 0.813. The Hall–Kier alpha value is -0.800. The summed E-state index contributed by atoms with van der Waals surface area (Å²) in [6, 6.07) is 4.73. The lowest BCUT2D eigenvalue weighted by Crippen LogP contribution is -2.22. The first-order chi connectivity index (χ1) is 8.25. The number of rotatable bonds is 5. The van der Waals surface area contributed by atoms with Crippen molar-refractivity contribution in [1.82, 2.24) is 4.90 Å². The van der Waals surface area contributed by atoms with Crippen molar-refractivity contribution in [2.24, 2.45) is 0 Å². The maximum Gasteiger partial charge on any atom is 0.147 e. The van der Waals surface area contributed by atoms with Crippen LogP contribution < -0.4 is 5.32 Å². The van der Waals surface area contributed by atoms with Gasteiger partial charge in [0.15, 0.2) is 0 Å². The first-order valence-electron chi connectivity index (χ1n) is 6.17. The summed E-state index contributed by atoms with van der Waals surface area (Å²) < 4.78 is 13.4. The van der Waals surface area contributed by atoms with Crippen LogP contribution in [0.25, 0.3) is 0 Å². The van der Waals surface area contributed by atoms with Crippen LogP contribution in [0.3, 0.4) is 0 Å².